The summed E-state index contributed by atoms with van der Waals surface area (Å²) in [4.78, 5) is 57.3. The topological polar surface area (TPSA) is 150 Å². The number of likely N-dealkylation sites (N-methyl/N-ethyl adjacent to an activating group) is 2. The maximum Gasteiger partial charge on any atom is 0.306 e. The van der Waals surface area contributed by atoms with Crippen LogP contribution >= 0.6 is 11.3 Å². The third-order valence-electron chi connectivity index (χ3n) is 8.24. The van der Waals surface area contributed by atoms with Gasteiger partial charge in [0.2, 0.25) is 11.8 Å². The number of amides is 3. The van der Waals surface area contributed by atoms with Crippen LogP contribution in [0.15, 0.2) is 35.7 Å². The number of ether oxygens (including phenoxy) is 1. The highest BCUT2D eigenvalue weighted by atomic mass is 32.1. The van der Waals surface area contributed by atoms with Crippen molar-refractivity contribution in [3.63, 3.8) is 0 Å². The van der Waals surface area contributed by atoms with Crippen molar-refractivity contribution in [1.82, 2.24) is 25.8 Å². The molecule has 45 heavy (non-hydrogen) atoms. The Kier molecular flexibility index (Phi) is 15.6. The molecular weight excluding hydrogens is 594 g/mol. The minimum atomic E-state index is -0.917. The molecule has 1 aromatic carbocycles. The largest absolute Gasteiger partial charge is 0.481 e. The van der Waals surface area contributed by atoms with E-state index in [1.54, 1.807) is 38.4 Å². The van der Waals surface area contributed by atoms with Crippen LogP contribution in [0.5, 0.6) is 0 Å². The van der Waals surface area contributed by atoms with Gasteiger partial charge in [-0.2, -0.15) is 0 Å². The molecule has 250 valence electrons. The average molecular weight is 646 g/mol. The summed E-state index contributed by atoms with van der Waals surface area (Å²) in [6.07, 6.45) is 1.45. The Morgan fingerprint density at radius 1 is 1.04 bits per heavy atom. The van der Waals surface area contributed by atoms with Crippen molar-refractivity contribution in [2.75, 3.05) is 27.7 Å². The maximum atomic E-state index is 13.7. The average Bonchev–Trinajstić information content (AvgIpc) is 3.50. The molecular formula is C33H51N5O6S. The fraction of sp³-hybridized carbons (Fsp3) is 0.606. The predicted molar refractivity (Wildman–Crippen MR) is 176 cm³/mol. The number of carboxylic acids is 1. The van der Waals surface area contributed by atoms with Crippen molar-refractivity contribution in [2.45, 2.75) is 84.5 Å². The molecule has 0 aliphatic carbocycles. The Balaban J connectivity index is 2.21. The number of methoxy groups -OCH3 is 1. The minimum Gasteiger partial charge on any atom is -0.481 e. The molecule has 4 N–H and O–H groups in total. The van der Waals surface area contributed by atoms with Crippen LogP contribution in [0.3, 0.4) is 0 Å². The van der Waals surface area contributed by atoms with Crippen molar-refractivity contribution in [1.29, 1.82) is 0 Å². The van der Waals surface area contributed by atoms with Gasteiger partial charge < -0.3 is 30.7 Å². The summed E-state index contributed by atoms with van der Waals surface area (Å²) in [7, 11) is 5.02. The smallest absolute Gasteiger partial charge is 0.306 e. The molecule has 12 heteroatoms. The zero-order valence-electron chi connectivity index (χ0n) is 27.8. The molecule has 1 heterocycles. The van der Waals surface area contributed by atoms with Crippen LogP contribution in [0.2, 0.25) is 0 Å². The van der Waals surface area contributed by atoms with Gasteiger partial charge in [0.25, 0.3) is 5.91 Å². The third-order valence-corrected chi connectivity index (χ3v) is 9.17. The van der Waals surface area contributed by atoms with E-state index in [2.05, 4.69) is 20.9 Å². The number of hydrogen-bond acceptors (Lipinski definition) is 8. The molecule has 0 bridgehead atoms. The number of thiazole rings is 1. The van der Waals surface area contributed by atoms with Crippen LogP contribution in [0.4, 0.5) is 0 Å². The summed E-state index contributed by atoms with van der Waals surface area (Å²) < 4.78 is 5.84. The number of aliphatic carboxylic acids is 1. The summed E-state index contributed by atoms with van der Waals surface area (Å²) in [5.41, 5.74) is 1.22. The first-order valence-corrected chi connectivity index (χ1v) is 16.5. The van der Waals surface area contributed by atoms with Gasteiger partial charge in [-0.3, -0.25) is 19.2 Å². The Hall–Kier alpha value is -3.35. The molecule has 11 nitrogen and oxygen atoms in total. The Bertz CT molecular complexity index is 1240. The summed E-state index contributed by atoms with van der Waals surface area (Å²) in [5.74, 6) is -2.32. The lowest BCUT2D eigenvalue weighted by Gasteiger charge is -2.37. The molecule has 1 aromatic heterocycles. The number of nitrogens with zero attached hydrogens (tertiary/aromatic N) is 2. The van der Waals surface area contributed by atoms with Gasteiger partial charge in [-0.05, 0) is 37.3 Å². The van der Waals surface area contributed by atoms with Gasteiger partial charge in [0.05, 0.1) is 12.5 Å². The van der Waals surface area contributed by atoms with E-state index >= 15 is 0 Å². The van der Waals surface area contributed by atoms with Crippen LogP contribution in [-0.4, -0.2) is 84.6 Å². The number of nitrogens with one attached hydrogen (secondary N) is 3. The van der Waals surface area contributed by atoms with Crippen molar-refractivity contribution in [2.24, 2.45) is 17.8 Å². The quantitative estimate of drug-likeness (QED) is 0.180. The van der Waals surface area contributed by atoms with Crippen LogP contribution < -0.4 is 16.0 Å². The molecule has 0 saturated carbocycles. The molecule has 0 aliphatic rings. The first-order chi connectivity index (χ1) is 21.3. The number of carbonyl (C=O) groups is 4. The number of rotatable bonds is 19. The van der Waals surface area contributed by atoms with E-state index in [-0.39, 0.29) is 54.3 Å². The van der Waals surface area contributed by atoms with Crippen molar-refractivity contribution in [3.05, 3.63) is 52.0 Å². The molecule has 2 aromatic rings. The van der Waals surface area contributed by atoms with E-state index in [0.29, 0.717) is 17.8 Å². The fourth-order valence-electron chi connectivity index (χ4n) is 5.26. The Morgan fingerprint density at radius 3 is 2.27 bits per heavy atom. The van der Waals surface area contributed by atoms with E-state index < -0.39 is 30.1 Å². The number of benzene rings is 1. The van der Waals surface area contributed by atoms with E-state index in [9.17, 15) is 24.3 Å². The highest BCUT2D eigenvalue weighted by molar-refractivity contribution is 7.09. The molecule has 2 rings (SSSR count). The summed E-state index contributed by atoms with van der Waals surface area (Å²) in [5, 5.41) is 20.5. The molecule has 2 unspecified atom stereocenters. The highest BCUT2D eigenvalue weighted by Gasteiger charge is 2.34. The molecule has 0 saturated heterocycles. The standard InChI is InChI=1S/C33H51N5O6S/c1-9-21(4)29(37-28(39)18-34-6)32(41)38(7)26(20(2)3)17-27(44-8)31-36-25(19-45-31)30(40)35-24(15-22(5)33(42)43)16-23-13-11-10-12-14-23/h10-14,19-22,24,26-27,29,34H,9,15-18H2,1-8H3,(H,35,40)(H,37,39)(H,42,43)/t21?,22-,24+,26+,27?,29-/m0/s1. The number of aromatic nitrogens is 1. The second-order valence-corrected chi connectivity index (χ2v) is 13.0. The summed E-state index contributed by atoms with van der Waals surface area (Å²) in [6, 6.07) is 8.33. The zero-order valence-corrected chi connectivity index (χ0v) is 28.6. The summed E-state index contributed by atoms with van der Waals surface area (Å²) >= 11 is 1.30. The Labute approximate surface area is 271 Å². The van der Waals surface area contributed by atoms with Crippen molar-refractivity contribution >= 4 is 35.0 Å². The second-order valence-electron chi connectivity index (χ2n) is 12.1. The van der Waals surface area contributed by atoms with Gasteiger partial charge in [-0.1, -0.05) is 71.4 Å². The van der Waals surface area contributed by atoms with Crippen LogP contribution in [-0.2, 0) is 25.5 Å². The van der Waals surface area contributed by atoms with Crippen LogP contribution in [0.25, 0.3) is 0 Å². The fourth-order valence-corrected chi connectivity index (χ4v) is 6.15. The lowest BCUT2D eigenvalue weighted by molar-refractivity contribution is -0.141. The van der Waals surface area contributed by atoms with Gasteiger partial charge in [-0.15, -0.1) is 11.3 Å². The zero-order chi connectivity index (χ0) is 33.7. The molecule has 0 aliphatic heterocycles. The SMILES string of the molecule is CCC(C)[C@H](NC(=O)CNC)C(=O)N(C)[C@H](CC(OC)c1nc(C(=O)N[C@@H](Cc2ccccc2)C[C@H](C)C(=O)O)cs1)C(C)C. The van der Waals surface area contributed by atoms with E-state index in [0.717, 1.165) is 12.0 Å². The first kappa shape index (κ1) is 37.8. The van der Waals surface area contributed by atoms with E-state index in [1.165, 1.54) is 11.3 Å². The molecule has 3 amide bonds. The number of carbonyl (C=O) groups excluding carboxylic acids is 3. The van der Waals surface area contributed by atoms with Gasteiger partial charge in [0.15, 0.2) is 0 Å². The number of hydrogen-bond donors (Lipinski definition) is 4. The number of carboxylic acid groups (broad SMARTS) is 1. The minimum absolute atomic E-state index is 0.0592. The van der Waals surface area contributed by atoms with Crippen LogP contribution in [0, 0.1) is 17.8 Å². The van der Waals surface area contributed by atoms with E-state index in [1.807, 2.05) is 58.0 Å². The Morgan fingerprint density at radius 2 is 1.71 bits per heavy atom. The molecule has 0 spiro atoms. The maximum absolute atomic E-state index is 13.7. The second kappa shape index (κ2) is 18.6. The third kappa shape index (κ3) is 11.5. The van der Waals surface area contributed by atoms with Crippen molar-refractivity contribution in [3.8, 4) is 0 Å². The highest BCUT2D eigenvalue weighted by Crippen LogP contribution is 2.30. The van der Waals surface area contributed by atoms with Gasteiger partial charge >= 0.3 is 5.97 Å². The lowest BCUT2D eigenvalue weighted by atomic mass is 9.93. The lowest BCUT2D eigenvalue weighted by Crippen LogP contribution is -2.55. The van der Waals surface area contributed by atoms with Gasteiger partial charge in [-0.25, -0.2) is 4.98 Å². The first-order valence-electron chi connectivity index (χ1n) is 15.6. The van der Waals surface area contributed by atoms with Gasteiger partial charge in [0, 0.05) is 38.0 Å². The van der Waals surface area contributed by atoms with Gasteiger partial charge in [0.1, 0.15) is 22.8 Å². The molecule has 0 radical (unpaired) electrons. The normalized spacial score (nSPS) is 15.4. The summed E-state index contributed by atoms with van der Waals surface area (Å²) in [6.45, 7) is 9.76. The molecule has 0 fully saturated rings. The monoisotopic (exact) mass is 645 g/mol. The van der Waals surface area contributed by atoms with E-state index in [4.69, 9.17) is 4.74 Å². The van der Waals surface area contributed by atoms with Crippen molar-refractivity contribution < 1.29 is 29.0 Å². The van der Waals surface area contributed by atoms with Crippen LogP contribution in [0.1, 0.15) is 81.0 Å². The predicted octanol–water partition coefficient (Wildman–Crippen LogP) is 3.91. The molecule has 6 atom stereocenters.